The van der Waals surface area contributed by atoms with Crippen molar-refractivity contribution in [3.8, 4) is 22.8 Å². The Hall–Kier alpha value is -3.87. The van der Waals surface area contributed by atoms with Gasteiger partial charge in [-0.2, -0.15) is 0 Å². The average molecular weight is 568 g/mol. The molecule has 3 aliphatic heterocycles. The van der Waals surface area contributed by atoms with Crippen LogP contribution in [0.1, 0.15) is 29.8 Å². The lowest BCUT2D eigenvalue weighted by Crippen LogP contribution is -2.56. The zero-order valence-corrected chi connectivity index (χ0v) is 22.3. The number of halogens is 2. The number of carbonyl (C=O) groups excluding carboxylic acids is 1. The minimum atomic E-state index is -0.825. The molecule has 3 aromatic rings. The summed E-state index contributed by atoms with van der Waals surface area (Å²) in [6, 6.07) is 6.13. The number of carbonyl (C=O) groups is 1. The first kappa shape index (κ1) is 27.3. The number of aliphatic hydroxyl groups excluding tert-OH is 1. The van der Waals surface area contributed by atoms with Gasteiger partial charge in [0.25, 0.3) is 5.91 Å². The zero-order chi connectivity index (χ0) is 28.5. The van der Waals surface area contributed by atoms with Crippen molar-refractivity contribution in [2.45, 2.75) is 37.5 Å². The fraction of sp³-hybridized carbons (Fsp3) is 0.414. The molecule has 12 heteroatoms. The molecule has 10 nitrogen and oxygen atoms in total. The van der Waals surface area contributed by atoms with Gasteiger partial charge in [-0.15, -0.1) is 0 Å². The predicted octanol–water partition coefficient (Wildman–Crippen LogP) is 3.14. The molecule has 2 saturated heterocycles. The van der Waals surface area contributed by atoms with Crippen LogP contribution in [0.25, 0.3) is 11.3 Å². The maximum Gasteiger partial charge on any atom is 0.274 e. The Labute approximate surface area is 235 Å². The molecule has 4 atom stereocenters. The van der Waals surface area contributed by atoms with Gasteiger partial charge in [-0.05, 0) is 37.5 Å². The van der Waals surface area contributed by atoms with E-state index in [4.69, 9.17) is 19.9 Å². The van der Waals surface area contributed by atoms with Crippen LogP contribution >= 0.6 is 0 Å². The number of rotatable bonds is 2. The fourth-order valence-corrected chi connectivity index (χ4v) is 5.61. The van der Waals surface area contributed by atoms with E-state index in [2.05, 4.69) is 15.3 Å². The van der Waals surface area contributed by atoms with Crippen LogP contribution in [0.2, 0.25) is 0 Å². The van der Waals surface area contributed by atoms with Gasteiger partial charge in [0.2, 0.25) is 0 Å². The minimum absolute atomic E-state index is 0.00879. The number of piperidine rings is 1. The molecule has 1 amide bonds. The SMILES string of the molecule is N[C@@H]1CN2C[C@H](CCOc3cc(O[C@H]4CCCOC4)cc(F)c3-c3nc(ccc3F)C(=O)Nc3cnccc32)[C@H]1O. The standard InChI is InChI=1S/C29H31F2N5O5/c30-19-3-4-22-29(38)35-23-12-33-7-5-24(23)36-13-16(28(37)21(32)14-36)6-9-40-25-11-18(41-17-2-1-8-39-15-17)10-20(31)26(25)27(19)34-22/h3-5,7,10-12,16-17,21,28,37H,1-2,6,8-9,13-15,32H2,(H,35,38)/t16-,17-,21+,28+/m0/s1. The second-order valence-corrected chi connectivity index (χ2v) is 10.6. The molecule has 4 bridgehead atoms. The van der Waals surface area contributed by atoms with E-state index in [-0.39, 0.29) is 47.1 Å². The number of anilines is 2. The van der Waals surface area contributed by atoms with Crippen LogP contribution in [0.15, 0.2) is 42.7 Å². The number of fused-ring (bicyclic) bond motifs is 8. The first-order valence-electron chi connectivity index (χ1n) is 13.7. The smallest absolute Gasteiger partial charge is 0.274 e. The molecule has 0 spiro atoms. The van der Waals surface area contributed by atoms with Gasteiger partial charge in [-0.3, -0.25) is 9.78 Å². The van der Waals surface area contributed by atoms with Crippen LogP contribution in [0.3, 0.4) is 0 Å². The Morgan fingerprint density at radius 1 is 1.12 bits per heavy atom. The highest BCUT2D eigenvalue weighted by atomic mass is 19.1. The molecule has 0 saturated carbocycles. The third-order valence-corrected chi connectivity index (χ3v) is 7.71. The summed E-state index contributed by atoms with van der Waals surface area (Å²) in [6.07, 6.45) is 3.97. The Balaban J connectivity index is 1.43. The number of hydrogen-bond donors (Lipinski definition) is 3. The third-order valence-electron chi connectivity index (χ3n) is 7.71. The summed E-state index contributed by atoms with van der Waals surface area (Å²) in [4.78, 5) is 23.6. The topological polar surface area (TPSA) is 132 Å². The van der Waals surface area contributed by atoms with E-state index < -0.39 is 29.7 Å². The van der Waals surface area contributed by atoms with Crippen LogP contribution in [0.5, 0.6) is 11.5 Å². The van der Waals surface area contributed by atoms with E-state index in [0.29, 0.717) is 44.1 Å². The molecule has 0 aliphatic carbocycles. The zero-order valence-electron chi connectivity index (χ0n) is 22.3. The van der Waals surface area contributed by atoms with Gasteiger partial charge < -0.3 is 35.3 Å². The summed E-state index contributed by atoms with van der Waals surface area (Å²) in [6.45, 7) is 1.88. The largest absolute Gasteiger partial charge is 0.493 e. The lowest BCUT2D eigenvalue weighted by molar-refractivity contribution is 0.00720. The number of nitrogens with zero attached hydrogens (tertiary/aromatic N) is 3. The van der Waals surface area contributed by atoms with E-state index in [1.54, 1.807) is 12.3 Å². The Morgan fingerprint density at radius 3 is 2.83 bits per heavy atom. The second-order valence-electron chi connectivity index (χ2n) is 10.6. The number of hydrogen-bond acceptors (Lipinski definition) is 9. The van der Waals surface area contributed by atoms with Gasteiger partial charge in [0.1, 0.15) is 40.6 Å². The first-order valence-corrected chi connectivity index (χ1v) is 13.7. The number of aromatic nitrogens is 2. The normalized spacial score (nSPS) is 24.6. The van der Waals surface area contributed by atoms with E-state index in [1.165, 1.54) is 18.3 Å². The van der Waals surface area contributed by atoms with Gasteiger partial charge in [0.15, 0.2) is 0 Å². The van der Waals surface area contributed by atoms with Gasteiger partial charge in [0.05, 0.1) is 42.5 Å². The van der Waals surface area contributed by atoms with E-state index in [1.807, 2.05) is 4.90 Å². The maximum absolute atomic E-state index is 15.7. The van der Waals surface area contributed by atoms with Crippen molar-refractivity contribution in [2.24, 2.45) is 11.7 Å². The second kappa shape index (κ2) is 11.6. The van der Waals surface area contributed by atoms with Crippen LogP contribution < -0.4 is 25.4 Å². The minimum Gasteiger partial charge on any atom is -0.493 e. The lowest BCUT2D eigenvalue weighted by atomic mass is 9.88. The number of pyridine rings is 2. The summed E-state index contributed by atoms with van der Waals surface area (Å²) in [5, 5.41) is 13.7. The number of benzene rings is 1. The van der Waals surface area contributed by atoms with Crippen LogP contribution in [0.4, 0.5) is 20.2 Å². The molecule has 3 aliphatic rings. The van der Waals surface area contributed by atoms with Crippen molar-refractivity contribution in [3.05, 3.63) is 60.1 Å². The van der Waals surface area contributed by atoms with E-state index in [0.717, 1.165) is 25.0 Å². The highest BCUT2D eigenvalue weighted by molar-refractivity contribution is 6.05. The average Bonchev–Trinajstić information content (AvgIpc) is 2.96. The molecular weight excluding hydrogens is 536 g/mol. The summed E-state index contributed by atoms with van der Waals surface area (Å²) in [7, 11) is 0. The monoisotopic (exact) mass is 567 g/mol. The molecule has 41 heavy (non-hydrogen) atoms. The van der Waals surface area contributed by atoms with Crippen molar-refractivity contribution < 1.29 is 32.9 Å². The van der Waals surface area contributed by atoms with Gasteiger partial charge in [0, 0.05) is 50.0 Å². The number of nitrogens with two attached hydrogens (primary N) is 1. The first-order chi connectivity index (χ1) is 19.9. The van der Waals surface area contributed by atoms with Crippen LogP contribution in [-0.4, -0.2) is 72.1 Å². The van der Waals surface area contributed by atoms with Crippen molar-refractivity contribution in [1.29, 1.82) is 0 Å². The fourth-order valence-electron chi connectivity index (χ4n) is 5.61. The van der Waals surface area contributed by atoms with Crippen molar-refractivity contribution in [2.75, 3.05) is 43.1 Å². The Kier molecular flexibility index (Phi) is 7.69. The molecule has 5 heterocycles. The van der Waals surface area contributed by atoms with Crippen molar-refractivity contribution >= 4 is 17.3 Å². The van der Waals surface area contributed by atoms with Crippen molar-refractivity contribution in [1.82, 2.24) is 9.97 Å². The summed E-state index contributed by atoms with van der Waals surface area (Å²) in [5.41, 5.74) is 6.66. The Morgan fingerprint density at radius 2 is 2.00 bits per heavy atom. The maximum atomic E-state index is 15.7. The number of ether oxygens (including phenoxy) is 3. The molecule has 6 rings (SSSR count). The van der Waals surface area contributed by atoms with Crippen LogP contribution in [0, 0.1) is 17.6 Å². The molecular formula is C29H31F2N5O5. The van der Waals surface area contributed by atoms with Gasteiger partial charge >= 0.3 is 0 Å². The van der Waals surface area contributed by atoms with E-state index >= 15 is 8.78 Å². The number of aliphatic hydroxyl groups is 1. The van der Waals surface area contributed by atoms with Crippen LogP contribution in [-0.2, 0) is 4.74 Å². The quantitative estimate of drug-likeness (QED) is 0.427. The molecule has 0 radical (unpaired) electrons. The van der Waals surface area contributed by atoms with Gasteiger partial charge in [-0.1, -0.05) is 0 Å². The molecule has 2 fully saturated rings. The summed E-state index contributed by atoms with van der Waals surface area (Å²) < 4.78 is 48.4. The molecule has 4 N–H and O–H groups in total. The van der Waals surface area contributed by atoms with Gasteiger partial charge in [-0.25, -0.2) is 13.8 Å². The molecule has 1 aromatic carbocycles. The molecule has 0 unspecified atom stereocenters. The highest BCUT2D eigenvalue weighted by Crippen LogP contribution is 2.38. The molecule has 216 valence electrons. The number of nitrogens with one attached hydrogen (secondary N) is 1. The summed E-state index contributed by atoms with van der Waals surface area (Å²) in [5.74, 6) is -2.36. The molecule has 2 aromatic heterocycles. The Bertz CT molecular complexity index is 1440. The highest BCUT2D eigenvalue weighted by Gasteiger charge is 2.35. The van der Waals surface area contributed by atoms with E-state index in [9.17, 15) is 9.90 Å². The summed E-state index contributed by atoms with van der Waals surface area (Å²) >= 11 is 0. The lowest BCUT2D eigenvalue weighted by Gasteiger charge is -2.41. The van der Waals surface area contributed by atoms with Crippen molar-refractivity contribution in [3.63, 3.8) is 0 Å². The number of amides is 1. The third kappa shape index (κ3) is 5.67. The predicted molar refractivity (Wildman–Crippen MR) is 146 cm³/mol.